The van der Waals surface area contributed by atoms with E-state index < -0.39 is 0 Å². The first-order valence-corrected chi connectivity index (χ1v) is 9.09. The summed E-state index contributed by atoms with van der Waals surface area (Å²) in [6.45, 7) is 5.55. The Hall–Kier alpha value is -2.40. The minimum atomic E-state index is -0.0584. The van der Waals surface area contributed by atoms with Gasteiger partial charge in [-0.3, -0.25) is 9.69 Å². The Balaban J connectivity index is 1.63. The number of nitrogens with zero attached hydrogens (tertiary/aromatic N) is 4. The molecule has 1 aromatic carbocycles. The monoisotopic (exact) mass is 336 g/mol. The number of hydrogen-bond acceptors (Lipinski definition) is 4. The number of pyridine rings is 1. The molecule has 2 aliphatic heterocycles. The van der Waals surface area contributed by atoms with Gasteiger partial charge in [-0.2, -0.15) is 0 Å². The van der Waals surface area contributed by atoms with E-state index in [0.717, 1.165) is 36.8 Å². The van der Waals surface area contributed by atoms with Crippen molar-refractivity contribution in [3.8, 4) is 0 Å². The van der Waals surface area contributed by atoms with Crippen molar-refractivity contribution in [2.75, 3.05) is 36.0 Å². The summed E-state index contributed by atoms with van der Waals surface area (Å²) in [6, 6.07) is 14.0. The quantitative estimate of drug-likeness (QED) is 0.864. The van der Waals surface area contributed by atoms with E-state index in [1.165, 1.54) is 12.8 Å². The Morgan fingerprint density at radius 2 is 1.68 bits per heavy atom. The van der Waals surface area contributed by atoms with Gasteiger partial charge in [0.1, 0.15) is 5.82 Å². The first-order chi connectivity index (χ1) is 12.3. The summed E-state index contributed by atoms with van der Waals surface area (Å²) < 4.78 is 0. The molecule has 1 aromatic heterocycles. The van der Waals surface area contributed by atoms with Crippen molar-refractivity contribution < 1.29 is 4.79 Å². The van der Waals surface area contributed by atoms with E-state index in [9.17, 15) is 4.79 Å². The number of amides is 1. The summed E-state index contributed by atoms with van der Waals surface area (Å²) in [5, 5.41) is 0. The summed E-state index contributed by atoms with van der Waals surface area (Å²) >= 11 is 0. The SMILES string of the molecule is CC(C(=O)N1CCN(c2ccccn2)c2ccccc21)N1CCCC1. The van der Waals surface area contributed by atoms with Crippen molar-refractivity contribution in [2.45, 2.75) is 25.8 Å². The number of carbonyl (C=O) groups is 1. The molecule has 0 bridgehead atoms. The van der Waals surface area contributed by atoms with Crippen molar-refractivity contribution in [1.29, 1.82) is 0 Å². The zero-order valence-corrected chi connectivity index (χ0v) is 14.6. The van der Waals surface area contributed by atoms with Crippen LogP contribution >= 0.6 is 0 Å². The molecule has 3 heterocycles. The number of anilines is 3. The third-order valence-corrected chi connectivity index (χ3v) is 5.25. The first kappa shape index (κ1) is 16.1. The summed E-state index contributed by atoms with van der Waals surface area (Å²) in [6.07, 6.45) is 4.20. The van der Waals surface area contributed by atoms with Gasteiger partial charge in [-0.1, -0.05) is 18.2 Å². The van der Waals surface area contributed by atoms with E-state index in [0.29, 0.717) is 6.54 Å². The van der Waals surface area contributed by atoms with Crippen LogP contribution in [0.2, 0.25) is 0 Å². The van der Waals surface area contributed by atoms with Gasteiger partial charge in [-0.15, -0.1) is 0 Å². The molecule has 0 aliphatic carbocycles. The minimum Gasteiger partial charge on any atom is -0.323 e. The highest BCUT2D eigenvalue weighted by atomic mass is 16.2. The smallest absolute Gasteiger partial charge is 0.244 e. The summed E-state index contributed by atoms with van der Waals surface area (Å²) in [7, 11) is 0. The van der Waals surface area contributed by atoms with Crippen molar-refractivity contribution in [3.63, 3.8) is 0 Å². The van der Waals surface area contributed by atoms with Crippen LogP contribution in [0.1, 0.15) is 19.8 Å². The first-order valence-electron chi connectivity index (χ1n) is 9.09. The van der Waals surface area contributed by atoms with Crippen LogP contribution in [0.5, 0.6) is 0 Å². The average Bonchev–Trinajstić information content (AvgIpc) is 3.21. The maximum atomic E-state index is 13.1. The lowest BCUT2D eigenvalue weighted by molar-refractivity contribution is -0.122. The van der Waals surface area contributed by atoms with Crippen LogP contribution in [0.4, 0.5) is 17.2 Å². The zero-order chi connectivity index (χ0) is 17.2. The second-order valence-electron chi connectivity index (χ2n) is 6.74. The number of para-hydroxylation sites is 2. The van der Waals surface area contributed by atoms with Crippen LogP contribution in [-0.2, 0) is 4.79 Å². The van der Waals surface area contributed by atoms with Crippen LogP contribution in [-0.4, -0.2) is 48.0 Å². The van der Waals surface area contributed by atoms with E-state index in [1.54, 1.807) is 0 Å². The van der Waals surface area contributed by atoms with Gasteiger partial charge in [0.15, 0.2) is 0 Å². The Kier molecular flexibility index (Phi) is 4.40. The van der Waals surface area contributed by atoms with E-state index >= 15 is 0 Å². The van der Waals surface area contributed by atoms with Gasteiger partial charge in [-0.05, 0) is 57.1 Å². The Bertz CT molecular complexity index is 742. The number of carbonyl (C=O) groups excluding carboxylic acids is 1. The second-order valence-corrected chi connectivity index (χ2v) is 6.74. The lowest BCUT2D eigenvalue weighted by atomic mass is 10.1. The van der Waals surface area contributed by atoms with Crippen molar-refractivity contribution in [2.24, 2.45) is 0 Å². The molecule has 0 N–H and O–H groups in total. The van der Waals surface area contributed by atoms with E-state index in [2.05, 4.69) is 20.9 Å². The highest BCUT2D eigenvalue weighted by Gasteiger charge is 2.33. The number of benzene rings is 1. The molecule has 1 unspecified atom stereocenters. The molecule has 2 aromatic rings. The predicted octanol–water partition coefficient (Wildman–Crippen LogP) is 3.05. The molecule has 4 rings (SSSR count). The second kappa shape index (κ2) is 6.84. The van der Waals surface area contributed by atoms with Gasteiger partial charge >= 0.3 is 0 Å². The fraction of sp³-hybridized carbons (Fsp3) is 0.400. The standard InChI is InChI=1S/C20H24N4O/c1-16(22-12-6-7-13-22)20(25)24-15-14-23(19-10-4-5-11-21-19)17-8-2-3-9-18(17)24/h2-5,8-11,16H,6-7,12-15H2,1H3. The van der Waals surface area contributed by atoms with Crippen LogP contribution in [0.3, 0.4) is 0 Å². The van der Waals surface area contributed by atoms with Gasteiger partial charge < -0.3 is 9.80 Å². The number of likely N-dealkylation sites (tertiary alicyclic amines) is 1. The lowest BCUT2D eigenvalue weighted by Gasteiger charge is -2.39. The number of rotatable bonds is 3. The fourth-order valence-corrected chi connectivity index (χ4v) is 3.85. The van der Waals surface area contributed by atoms with Gasteiger partial charge in [-0.25, -0.2) is 4.98 Å². The molecule has 130 valence electrons. The van der Waals surface area contributed by atoms with Crippen molar-refractivity contribution in [3.05, 3.63) is 48.7 Å². The fourth-order valence-electron chi connectivity index (χ4n) is 3.85. The topological polar surface area (TPSA) is 39.7 Å². The van der Waals surface area contributed by atoms with Crippen LogP contribution < -0.4 is 9.80 Å². The molecule has 5 nitrogen and oxygen atoms in total. The maximum Gasteiger partial charge on any atom is 0.244 e. The third kappa shape index (κ3) is 3.00. The lowest BCUT2D eigenvalue weighted by Crippen LogP contribution is -2.50. The molecule has 5 heteroatoms. The molecule has 0 saturated carbocycles. The Morgan fingerprint density at radius 3 is 2.40 bits per heavy atom. The third-order valence-electron chi connectivity index (χ3n) is 5.25. The normalized spacial score (nSPS) is 18.9. The highest BCUT2D eigenvalue weighted by Crippen LogP contribution is 2.37. The molecule has 1 amide bonds. The molecule has 2 aliphatic rings. The van der Waals surface area contributed by atoms with Crippen LogP contribution in [0.25, 0.3) is 0 Å². The largest absolute Gasteiger partial charge is 0.323 e. The summed E-state index contributed by atoms with van der Waals surface area (Å²) in [4.78, 5) is 24.1. The zero-order valence-electron chi connectivity index (χ0n) is 14.6. The van der Waals surface area contributed by atoms with Gasteiger partial charge in [0.05, 0.1) is 17.4 Å². The van der Waals surface area contributed by atoms with Crippen LogP contribution in [0.15, 0.2) is 48.7 Å². The van der Waals surface area contributed by atoms with Crippen molar-refractivity contribution in [1.82, 2.24) is 9.88 Å². The molecular formula is C20H24N4O. The molecular weight excluding hydrogens is 312 g/mol. The van der Waals surface area contributed by atoms with Gasteiger partial charge in [0.2, 0.25) is 5.91 Å². The van der Waals surface area contributed by atoms with Gasteiger partial charge in [0, 0.05) is 19.3 Å². The molecule has 0 spiro atoms. The number of hydrogen-bond donors (Lipinski definition) is 0. The highest BCUT2D eigenvalue weighted by molar-refractivity contribution is 6.01. The van der Waals surface area contributed by atoms with Gasteiger partial charge in [0.25, 0.3) is 0 Å². The molecule has 25 heavy (non-hydrogen) atoms. The Labute approximate surface area is 148 Å². The predicted molar refractivity (Wildman–Crippen MR) is 100 cm³/mol. The maximum absolute atomic E-state index is 13.1. The summed E-state index contributed by atoms with van der Waals surface area (Å²) in [5.41, 5.74) is 2.03. The molecule has 1 saturated heterocycles. The minimum absolute atomic E-state index is 0.0584. The summed E-state index contributed by atoms with van der Waals surface area (Å²) in [5.74, 6) is 1.13. The van der Waals surface area contributed by atoms with Crippen molar-refractivity contribution >= 4 is 23.1 Å². The molecule has 1 fully saturated rings. The molecule has 1 atom stereocenters. The average molecular weight is 336 g/mol. The van der Waals surface area contributed by atoms with Crippen LogP contribution in [0, 0.1) is 0 Å². The molecule has 0 radical (unpaired) electrons. The number of aromatic nitrogens is 1. The number of fused-ring (bicyclic) bond motifs is 1. The Morgan fingerprint density at radius 1 is 0.960 bits per heavy atom. The van der Waals surface area contributed by atoms with E-state index in [1.807, 2.05) is 54.4 Å². The van der Waals surface area contributed by atoms with E-state index in [4.69, 9.17) is 0 Å². The van der Waals surface area contributed by atoms with E-state index in [-0.39, 0.29) is 11.9 Å².